The molecule has 0 unspecified atom stereocenters. The molecule has 2 rings (SSSR count). The molecule has 0 atom stereocenters. The number of carboxylic acid groups (broad SMARTS) is 1. The lowest BCUT2D eigenvalue weighted by atomic mass is 9.86. The van der Waals surface area contributed by atoms with Crippen molar-refractivity contribution in [2.75, 3.05) is 6.61 Å². The van der Waals surface area contributed by atoms with E-state index in [2.05, 4.69) is 15.9 Å². The number of hydrogen-bond donors (Lipinski definition) is 1. The van der Waals surface area contributed by atoms with Gasteiger partial charge in [0.2, 0.25) is 0 Å². The van der Waals surface area contributed by atoms with Gasteiger partial charge in [-0.1, -0.05) is 48.8 Å². The summed E-state index contributed by atoms with van der Waals surface area (Å²) in [5, 5.41) is 9.11. The fraction of sp³-hybridized carbons (Fsp3) is 0.263. The van der Waals surface area contributed by atoms with Crippen LogP contribution in [0.4, 0.5) is 0 Å². The van der Waals surface area contributed by atoms with Gasteiger partial charge in [0.1, 0.15) is 17.1 Å². The van der Waals surface area contributed by atoms with E-state index in [9.17, 15) is 9.59 Å². The van der Waals surface area contributed by atoms with Gasteiger partial charge >= 0.3 is 11.9 Å². The number of esters is 1. The average molecular weight is 407 g/mol. The van der Waals surface area contributed by atoms with Crippen molar-refractivity contribution in [3.8, 4) is 11.5 Å². The zero-order chi connectivity index (χ0) is 18.6. The number of rotatable bonds is 5. The van der Waals surface area contributed by atoms with Gasteiger partial charge in [-0.05, 0) is 35.7 Å². The zero-order valence-electron chi connectivity index (χ0n) is 14.2. The first kappa shape index (κ1) is 19.0. The Labute approximate surface area is 154 Å². The number of carbonyl (C=O) groups excluding carboxylic acids is 1. The van der Waals surface area contributed by atoms with Gasteiger partial charge in [0.05, 0.1) is 0 Å². The normalized spacial score (nSPS) is 11.0. The van der Waals surface area contributed by atoms with Crippen LogP contribution in [0.15, 0.2) is 46.9 Å². The fourth-order valence-corrected chi connectivity index (χ4v) is 2.60. The zero-order valence-corrected chi connectivity index (χ0v) is 15.8. The summed E-state index contributed by atoms with van der Waals surface area (Å²) in [5.74, 6) is -1.25. The summed E-state index contributed by atoms with van der Waals surface area (Å²) in [6.45, 7) is 5.81. The lowest BCUT2D eigenvalue weighted by molar-refractivity contribution is -0.136. The van der Waals surface area contributed by atoms with Crippen LogP contribution in [0.5, 0.6) is 11.5 Å². The van der Waals surface area contributed by atoms with Crippen LogP contribution >= 0.6 is 15.9 Å². The number of para-hydroxylation sites is 1. The Balaban J connectivity index is 2.10. The van der Waals surface area contributed by atoms with Crippen LogP contribution in [0.25, 0.3) is 0 Å². The van der Waals surface area contributed by atoms with Gasteiger partial charge in [-0.25, -0.2) is 9.59 Å². The van der Waals surface area contributed by atoms with Gasteiger partial charge in [0.25, 0.3) is 0 Å². The van der Waals surface area contributed by atoms with Crippen molar-refractivity contribution in [2.24, 2.45) is 0 Å². The maximum absolute atomic E-state index is 12.0. The quantitative estimate of drug-likeness (QED) is 0.587. The molecule has 25 heavy (non-hydrogen) atoms. The third-order valence-electron chi connectivity index (χ3n) is 3.44. The summed E-state index contributed by atoms with van der Waals surface area (Å²) in [6, 6.07) is 11.5. The lowest BCUT2D eigenvalue weighted by Gasteiger charge is -2.23. The van der Waals surface area contributed by atoms with E-state index in [4.69, 9.17) is 14.6 Å². The first-order valence-corrected chi connectivity index (χ1v) is 8.43. The molecule has 0 fully saturated rings. The van der Waals surface area contributed by atoms with Crippen LogP contribution in [-0.4, -0.2) is 23.7 Å². The molecule has 2 aromatic rings. The van der Waals surface area contributed by atoms with Crippen molar-refractivity contribution >= 4 is 27.9 Å². The highest BCUT2D eigenvalue weighted by molar-refractivity contribution is 9.10. The standard InChI is InChI=1S/C19H19BrO5/c1-19(2,3)14-10-12(20)8-9-16(14)24-11-17(21)25-15-7-5-4-6-13(15)18(22)23/h4-10H,11H2,1-3H3,(H,22,23). The van der Waals surface area contributed by atoms with Crippen molar-refractivity contribution in [2.45, 2.75) is 26.2 Å². The highest BCUT2D eigenvalue weighted by Gasteiger charge is 2.21. The highest BCUT2D eigenvalue weighted by Crippen LogP contribution is 2.33. The SMILES string of the molecule is CC(C)(C)c1cc(Br)ccc1OCC(=O)Oc1ccccc1C(=O)O. The topological polar surface area (TPSA) is 72.8 Å². The van der Waals surface area contributed by atoms with E-state index in [-0.39, 0.29) is 23.3 Å². The summed E-state index contributed by atoms with van der Waals surface area (Å²) in [4.78, 5) is 23.2. The van der Waals surface area contributed by atoms with E-state index in [0.29, 0.717) is 5.75 Å². The number of halogens is 1. The van der Waals surface area contributed by atoms with E-state index in [1.807, 2.05) is 32.9 Å². The molecular formula is C19H19BrO5. The second kappa shape index (κ2) is 7.70. The van der Waals surface area contributed by atoms with Crippen LogP contribution in [0, 0.1) is 0 Å². The van der Waals surface area contributed by atoms with Crippen LogP contribution in [0.1, 0.15) is 36.7 Å². The number of hydrogen-bond acceptors (Lipinski definition) is 4. The van der Waals surface area contributed by atoms with Crippen LogP contribution < -0.4 is 9.47 Å². The molecule has 0 aromatic heterocycles. The Morgan fingerprint density at radius 3 is 2.40 bits per heavy atom. The third-order valence-corrected chi connectivity index (χ3v) is 3.93. The monoisotopic (exact) mass is 406 g/mol. The second-order valence-electron chi connectivity index (χ2n) is 6.45. The van der Waals surface area contributed by atoms with Crippen molar-refractivity contribution in [3.05, 3.63) is 58.1 Å². The molecule has 1 N–H and O–H groups in total. The van der Waals surface area contributed by atoms with Crippen LogP contribution in [0.3, 0.4) is 0 Å². The molecule has 0 saturated carbocycles. The Morgan fingerprint density at radius 1 is 1.08 bits per heavy atom. The number of ether oxygens (including phenoxy) is 2. The minimum Gasteiger partial charge on any atom is -0.482 e. The summed E-state index contributed by atoms with van der Waals surface area (Å²) >= 11 is 3.43. The molecule has 5 nitrogen and oxygen atoms in total. The Kier molecular flexibility index (Phi) is 5.85. The minimum absolute atomic E-state index is 0.00421. The lowest BCUT2D eigenvalue weighted by Crippen LogP contribution is -2.21. The maximum atomic E-state index is 12.0. The molecule has 0 radical (unpaired) electrons. The number of benzene rings is 2. The molecule has 0 bridgehead atoms. The number of carboxylic acids is 1. The average Bonchev–Trinajstić information content (AvgIpc) is 2.53. The second-order valence-corrected chi connectivity index (χ2v) is 7.37. The van der Waals surface area contributed by atoms with Crippen molar-refractivity contribution < 1.29 is 24.2 Å². The summed E-state index contributed by atoms with van der Waals surface area (Å²) in [5.41, 5.74) is 0.703. The van der Waals surface area contributed by atoms with Gasteiger partial charge in [-0.2, -0.15) is 0 Å². The molecular weight excluding hydrogens is 388 g/mol. The predicted molar refractivity (Wildman–Crippen MR) is 97.4 cm³/mol. The summed E-state index contributed by atoms with van der Waals surface area (Å²) in [6.07, 6.45) is 0. The van der Waals surface area contributed by atoms with Gasteiger partial charge in [-0.3, -0.25) is 0 Å². The van der Waals surface area contributed by atoms with Crippen molar-refractivity contribution in [1.29, 1.82) is 0 Å². The molecule has 0 aliphatic rings. The summed E-state index contributed by atoms with van der Waals surface area (Å²) in [7, 11) is 0. The minimum atomic E-state index is -1.16. The van der Waals surface area contributed by atoms with Crippen molar-refractivity contribution in [1.82, 2.24) is 0 Å². The first-order valence-electron chi connectivity index (χ1n) is 7.64. The molecule has 0 saturated heterocycles. The van der Waals surface area contributed by atoms with Gasteiger partial charge in [0.15, 0.2) is 6.61 Å². The van der Waals surface area contributed by atoms with Crippen LogP contribution in [0.2, 0.25) is 0 Å². The van der Waals surface area contributed by atoms with Crippen LogP contribution in [-0.2, 0) is 10.2 Å². The molecule has 132 valence electrons. The Morgan fingerprint density at radius 2 is 1.76 bits per heavy atom. The summed E-state index contributed by atoms with van der Waals surface area (Å²) < 4.78 is 11.7. The third kappa shape index (κ3) is 5.06. The molecule has 0 aliphatic heterocycles. The Bertz CT molecular complexity index is 793. The van der Waals surface area contributed by atoms with Gasteiger partial charge in [-0.15, -0.1) is 0 Å². The molecule has 0 spiro atoms. The molecule has 0 heterocycles. The van der Waals surface area contributed by atoms with E-state index >= 15 is 0 Å². The molecule has 0 aliphatic carbocycles. The largest absolute Gasteiger partial charge is 0.482 e. The van der Waals surface area contributed by atoms with Gasteiger partial charge < -0.3 is 14.6 Å². The van der Waals surface area contributed by atoms with Gasteiger partial charge in [0, 0.05) is 10.0 Å². The Hall–Kier alpha value is -2.34. The van der Waals surface area contributed by atoms with Crippen molar-refractivity contribution in [3.63, 3.8) is 0 Å². The fourth-order valence-electron chi connectivity index (χ4n) is 2.24. The molecule has 6 heteroatoms. The number of aromatic carboxylic acids is 1. The maximum Gasteiger partial charge on any atom is 0.349 e. The van der Waals surface area contributed by atoms with E-state index in [1.54, 1.807) is 18.2 Å². The van der Waals surface area contributed by atoms with E-state index < -0.39 is 11.9 Å². The van der Waals surface area contributed by atoms with E-state index in [1.165, 1.54) is 12.1 Å². The molecule has 0 amide bonds. The van der Waals surface area contributed by atoms with E-state index in [0.717, 1.165) is 10.0 Å². The first-order chi connectivity index (χ1) is 11.7. The smallest absolute Gasteiger partial charge is 0.349 e. The number of carbonyl (C=O) groups is 2. The predicted octanol–water partition coefficient (Wildman–Crippen LogP) is 4.43. The highest BCUT2D eigenvalue weighted by atomic mass is 79.9. The molecule has 2 aromatic carbocycles.